The maximum atomic E-state index is 6.04. The zero-order chi connectivity index (χ0) is 10.6. The maximum absolute atomic E-state index is 6.04. The normalized spacial score (nSPS) is 16.1. The molecule has 2 aromatic rings. The molecule has 2 N–H and O–H groups in total. The molecule has 1 aliphatic rings. The van der Waals surface area contributed by atoms with Crippen molar-refractivity contribution in [3.63, 3.8) is 0 Å². The van der Waals surface area contributed by atoms with E-state index in [1.54, 1.807) is 0 Å². The van der Waals surface area contributed by atoms with E-state index in [-0.39, 0.29) is 0 Å². The van der Waals surface area contributed by atoms with Crippen molar-refractivity contribution in [2.75, 3.05) is 5.73 Å². The van der Waals surface area contributed by atoms with E-state index in [1.807, 2.05) is 24.7 Å². The molecule has 2 heterocycles. The van der Waals surface area contributed by atoms with Crippen LogP contribution in [0.2, 0.25) is 0 Å². The molecule has 0 saturated heterocycles. The molecule has 1 aliphatic carbocycles. The fourth-order valence-corrected chi connectivity index (χ4v) is 2.09. The molecule has 4 nitrogen and oxygen atoms in total. The first-order valence-corrected chi connectivity index (χ1v) is 5.26. The first kappa shape index (κ1) is 8.71. The Morgan fingerprint density at radius 1 is 1.47 bits per heavy atom. The number of fused-ring (bicyclic) bond motifs is 1. The van der Waals surface area contributed by atoms with Gasteiger partial charge in [-0.25, -0.2) is 4.98 Å². The molecule has 0 amide bonds. The second-order valence-corrected chi connectivity index (χ2v) is 4.32. The van der Waals surface area contributed by atoms with Crippen LogP contribution in [0.15, 0.2) is 6.07 Å². The van der Waals surface area contributed by atoms with Gasteiger partial charge in [-0.15, -0.1) is 0 Å². The molecular formula is C11H14N4. The van der Waals surface area contributed by atoms with E-state index in [9.17, 15) is 0 Å². The van der Waals surface area contributed by atoms with Gasteiger partial charge in [-0.2, -0.15) is 5.10 Å². The monoisotopic (exact) mass is 202 g/mol. The van der Waals surface area contributed by atoms with Gasteiger partial charge in [0.25, 0.3) is 0 Å². The van der Waals surface area contributed by atoms with Gasteiger partial charge >= 0.3 is 0 Å². The minimum absolute atomic E-state index is 0.631. The second kappa shape index (κ2) is 2.72. The molecular weight excluding hydrogens is 188 g/mol. The van der Waals surface area contributed by atoms with E-state index in [0.29, 0.717) is 5.92 Å². The van der Waals surface area contributed by atoms with Gasteiger partial charge in [0, 0.05) is 24.3 Å². The van der Waals surface area contributed by atoms with Crippen LogP contribution in [0, 0.1) is 6.92 Å². The number of pyridine rings is 1. The lowest BCUT2D eigenvalue weighted by Gasteiger charge is -2.02. The Kier molecular flexibility index (Phi) is 1.58. The molecule has 0 unspecified atom stereocenters. The van der Waals surface area contributed by atoms with E-state index in [0.717, 1.165) is 28.1 Å². The molecule has 15 heavy (non-hydrogen) atoms. The third kappa shape index (κ3) is 1.21. The van der Waals surface area contributed by atoms with Gasteiger partial charge in [0.15, 0.2) is 5.65 Å². The third-order valence-electron chi connectivity index (χ3n) is 3.01. The molecule has 4 heteroatoms. The van der Waals surface area contributed by atoms with Crippen LogP contribution in [-0.2, 0) is 7.05 Å². The smallest absolute Gasteiger partial charge is 0.160 e. The van der Waals surface area contributed by atoms with Crippen molar-refractivity contribution in [3.8, 4) is 0 Å². The van der Waals surface area contributed by atoms with Crippen LogP contribution in [0.4, 0.5) is 5.69 Å². The van der Waals surface area contributed by atoms with Gasteiger partial charge in [-0.1, -0.05) is 0 Å². The van der Waals surface area contributed by atoms with Crippen LogP contribution in [0.1, 0.15) is 30.1 Å². The van der Waals surface area contributed by atoms with Crippen LogP contribution in [-0.4, -0.2) is 14.8 Å². The Labute approximate surface area is 88.1 Å². The highest BCUT2D eigenvalue weighted by atomic mass is 15.3. The molecule has 78 valence electrons. The predicted octanol–water partition coefficient (Wildman–Crippen LogP) is 1.74. The maximum Gasteiger partial charge on any atom is 0.160 e. The molecule has 0 radical (unpaired) electrons. The molecule has 2 aromatic heterocycles. The number of nitrogen functional groups attached to an aromatic ring is 1. The van der Waals surface area contributed by atoms with Crippen molar-refractivity contribution in [1.82, 2.24) is 14.8 Å². The van der Waals surface area contributed by atoms with Gasteiger partial charge < -0.3 is 5.73 Å². The molecule has 1 saturated carbocycles. The van der Waals surface area contributed by atoms with Crippen LogP contribution in [0.3, 0.4) is 0 Å². The molecule has 0 atom stereocenters. The number of nitrogens with zero attached hydrogens (tertiary/aromatic N) is 3. The van der Waals surface area contributed by atoms with Crippen molar-refractivity contribution in [2.24, 2.45) is 7.05 Å². The first-order valence-electron chi connectivity index (χ1n) is 5.26. The lowest BCUT2D eigenvalue weighted by atomic mass is 10.2. The van der Waals surface area contributed by atoms with E-state index < -0.39 is 0 Å². The van der Waals surface area contributed by atoms with Crippen molar-refractivity contribution in [3.05, 3.63) is 17.5 Å². The quantitative estimate of drug-likeness (QED) is 0.766. The fourth-order valence-electron chi connectivity index (χ4n) is 2.09. The van der Waals surface area contributed by atoms with Crippen molar-refractivity contribution in [1.29, 1.82) is 0 Å². The third-order valence-corrected chi connectivity index (χ3v) is 3.01. The van der Waals surface area contributed by atoms with E-state index in [4.69, 9.17) is 5.73 Å². The Morgan fingerprint density at radius 3 is 2.87 bits per heavy atom. The summed E-state index contributed by atoms with van der Waals surface area (Å²) in [5, 5.41) is 5.35. The van der Waals surface area contributed by atoms with Gasteiger partial charge in [0.05, 0.1) is 11.1 Å². The Hall–Kier alpha value is -1.58. The van der Waals surface area contributed by atoms with E-state index >= 15 is 0 Å². The fraction of sp³-hybridized carbons (Fsp3) is 0.455. The van der Waals surface area contributed by atoms with Crippen LogP contribution in [0.5, 0.6) is 0 Å². The summed E-state index contributed by atoms with van der Waals surface area (Å²) in [6, 6.07) is 2.01. The average molecular weight is 202 g/mol. The Balaban J connectivity index is 2.33. The van der Waals surface area contributed by atoms with Gasteiger partial charge in [-0.3, -0.25) is 4.68 Å². The van der Waals surface area contributed by atoms with Crippen LogP contribution >= 0.6 is 0 Å². The topological polar surface area (TPSA) is 56.7 Å². The molecule has 0 aromatic carbocycles. The summed E-state index contributed by atoms with van der Waals surface area (Å²) in [5.41, 5.74) is 9.85. The van der Waals surface area contributed by atoms with Crippen molar-refractivity contribution in [2.45, 2.75) is 25.7 Å². The highest BCUT2D eigenvalue weighted by molar-refractivity contribution is 5.90. The number of aryl methyl sites for hydroxylation is 2. The van der Waals surface area contributed by atoms with Gasteiger partial charge in [-0.05, 0) is 25.8 Å². The van der Waals surface area contributed by atoms with E-state index in [2.05, 4.69) is 10.1 Å². The largest absolute Gasteiger partial charge is 0.398 e. The SMILES string of the molecule is Cc1nn(C)c2nc(C3CC3)cc(N)c12. The van der Waals surface area contributed by atoms with Gasteiger partial charge in [0.1, 0.15) is 0 Å². The van der Waals surface area contributed by atoms with Crippen molar-refractivity contribution < 1.29 is 0 Å². The zero-order valence-electron chi connectivity index (χ0n) is 8.99. The summed E-state index contributed by atoms with van der Waals surface area (Å²) in [7, 11) is 1.92. The molecule has 0 spiro atoms. The summed E-state index contributed by atoms with van der Waals surface area (Å²) < 4.78 is 1.81. The number of rotatable bonds is 1. The minimum Gasteiger partial charge on any atom is -0.398 e. The standard InChI is InChI=1S/C11H14N4/c1-6-10-8(12)5-9(7-3-4-7)13-11(10)15(2)14-6/h5,7H,3-4H2,1-2H3,(H2,12,13). The summed E-state index contributed by atoms with van der Waals surface area (Å²) >= 11 is 0. The number of anilines is 1. The summed E-state index contributed by atoms with van der Waals surface area (Å²) in [4.78, 5) is 4.64. The number of hydrogen-bond acceptors (Lipinski definition) is 3. The lowest BCUT2D eigenvalue weighted by molar-refractivity contribution is 0.771. The molecule has 0 aliphatic heterocycles. The summed E-state index contributed by atoms with van der Waals surface area (Å²) in [6.07, 6.45) is 2.49. The van der Waals surface area contributed by atoms with Crippen molar-refractivity contribution >= 4 is 16.7 Å². The molecule has 0 bridgehead atoms. The number of aromatic nitrogens is 3. The average Bonchev–Trinajstić information content (AvgIpc) is 2.95. The predicted molar refractivity (Wildman–Crippen MR) is 59.6 cm³/mol. The lowest BCUT2D eigenvalue weighted by Crippen LogP contribution is -1.97. The Morgan fingerprint density at radius 2 is 2.20 bits per heavy atom. The van der Waals surface area contributed by atoms with Crippen LogP contribution in [0.25, 0.3) is 11.0 Å². The first-order chi connectivity index (χ1) is 7.16. The minimum atomic E-state index is 0.631. The van der Waals surface area contributed by atoms with E-state index in [1.165, 1.54) is 12.8 Å². The Bertz CT molecular complexity index is 537. The molecule has 3 rings (SSSR count). The number of hydrogen-bond donors (Lipinski definition) is 1. The highest BCUT2D eigenvalue weighted by Gasteiger charge is 2.26. The summed E-state index contributed by atoms with van der Waals surface area (Å²) in [5.74, 6) is 0.631. The number of nitrogens with two attached hydrogens (primary N) is 1. The van der Waals surface area contributed by atoms with Crippen LogP contribution < -0.4 is 5.73 Å². The molecule has 1 fully saturated rings. The highest BCUT2D eigenvalue weighted by Crippen LogP contribution is 2.40. The second-order valence-electron chi connectivity index (χ2n) is 4.32. The van der Waals surface area contributed by atoms with Gasteiger partial charge in [0.2, 0.25) is 0 Å². The summed E-state index contributed by atoms with van der Waals surface area (Å²) in [6.45, 7) is 1.97. The zero-order valence-corrected chi connectivity index (χ0v) is 8.99.